The van der Waals surface area contributed by atoms with E-state index in [0.717, 1.165) is 27.9 Å². The predicted octanol–water partition coefficient (Wildman–Crippen LogP) is 3.34. The van der Waals surface area contributed by atoms with E-state index in [1.54, 1.807) is 6.92 Å². The van der Waals surface area contributed by atoms with Crippen molar-refractivity contribution in [2.45, 2.75) is 38.4 Å². The second kappa shape index (κ2) is 10.4. The highest BCUT2D eigenvalue weighted by molar-refractivity contribution is 7.85. The van der Waals surface area contributed by atoms with Crippen LogP contribution in [0.2, 0.25) is 0 Å². The van der Waals surface area contributed by atoms with Gasteiger partial charge in [-0.15, -0.1) is 0 Å². The second-order valence-electron chi connectivity index (χ2n) is 8.80. The molecule has 0 spiro atoms. The Morgan fingerprint density at radius 3 is 2.65 bits per heavy atom. The quantitative estimate of drug-likeness (QED) is 0.450. The summed E-state index contributed by atoms with van der Waals surface area (Å²) in [5, 5.41) is 9.76. The van der Waals surface area contributed by atoms with Crippen LogP contribution in [0.3, 0.4) is 0 Å². The van der Waals surface area contributed by atoms with Crippen LogP contribution in [0.4, 0.5) is 23.4 Å². The molecule has 13 heteroatoms. The van der Waals surface area contributed by atoms with Crippen LogP contribution in [0, 0.1) is 12.7 Å². The number of hydrogen-bond donors (Lipinski definition) is 2. The number of hydrogen-bond acceptors (Lipinski definition) is 5. The Balaban J connectivity index is 1.64. The third-order valence-corrected chi connectivity index (χ3v) is 6.40. The van der Waals surface area contributed by atoms with Crippen LogP contribution in [0.1, 0.15) is 39.2 Å². The third kappa shape index (κ3) is 6.21. The molecule has 196 valence electrons. The highest BCUT2D eigenvalue weighted by Crippen LogP contribution is 2.31. The van der Waals surface area contributed by atoms with Crippen LogP contribution in [0.5, 0.6) is 0 Å². The van der Waals surface area contributed by atoms with Gasteiger partial charge in [0.05, 0.1) is 11.3 Å². The summed E-state index contributed by atoms with van der Waals surface area (Å²) < 4.78 is 65.3. The van der Waals surface area contributed by atoms with Crippen LogP contribution in [0.25, 0.3) is 5.82 Å². The molecule has 0 radical (unpaired) electrons. The van der Waals surface area contributed by atoms with Gasteiger partial charge in [0.1, 0.15) is 17.1 Å². The molecule has 2 aromatic heterocycles. The van der Waals surface area contributed by atoms with Crippen LogP contribution in [-0.4, -0.2) is 48.8 Å². The van der Waals surface area contributed by atoms with Crippen molar-refractivity contribution in [3.05, 3.63) is 70.3 Å². The van der Waals surface area contributed by atoms with Crippen LogP contribution in [0.15, 0.2) is 36.5 Å². The molecule has 3 aromatic rings. The summed E-state index contributed by atoms with van der Waals surface area (Å²) in [7, 11) is -1.47. The lowest BCUT2D eigenvalue weighted by molar-refractivity contribution is -0.137. The Kier molecular flexibility index (Phi) is 7.44. The van der Waals surface area contributed by atoms with E-state index >= 15 is 0 Å². The standard InChI is InChI=1S/C24H23F4N5O3S/c1-13-7-14(9-16(25)8-13)3-5-17-10-18-21(23(35)30-17)22(31-20(34)12-37(2)36)33(32-18)19-6-4-15(11-29-19)24(26,27)28/h4,6-9,11,17H,3,5,10,12H2,1-2H3,(H,30,35)(H,31,34)/t17-,37?/m0/s1. The summed E-state index contributed by atoms with van der Waals surface area (Å²) in [6, 6.07) is 6.26. The zero-order valence-electron chi connectivity index (χ0n) is 19.9. The van der Waals surface area contributed by atoms with Gasteiger partial charge in [-0.3, -0.25) is 13.8 Å². The lowest BCUT2D eigenvalue weighted by atomic mass is 9.95. The van der Waals surface area contributed by atoms with Gasteiger partial charge in [-0.05, 0) is 55.2 Å². The van der Waals surface area contributed by atoms with E-state index in [-0.39, 0.29) is 41.2 Å². The van der Waals surface area contributed by atoms with Crippen molar-refractivity contribution < 1.29 is 31.4 Å². The summed E-state index contributed by atoms with van der Waals surface area (Å²) in [5.41, 5.74) is 0.956. The number of nitrogens with zero attached hydrogens (tertiary/aromatic N) is 3. The lowest BCUT2D eigenvalue weighted by Gasteiger charge is -2.23. The molecule has 0 bridgehead atoms. The molecule has 1 aliphatic heterocycles. The van der Waals surface area contributed by atoms with Gasteiger partial charge in [-0.2, -0.15) is 23.0 Å². The zero-order valence-corrected chi connectivity index (χ0v) is 20.7. The third-order valence-electron chi connectivity index (χ3n) is 5.73. The Bertz CT molecular complexity index is 1350. The van der Waals surface area contributed by atoms with Crippen molar-refractivity contribution in [1.82, 2.24) is 20.1 Å². The molecular formula is C24H23F4N5O3S. The molecule has 1 aliphatic rings. The first-order valence-electron chi connectivity index (χ1n) is 11.2. The van der Waals surface area contributed by atoms with Crippen molar-refractivity contribution in [2.75, 3.05) is 17.3 Å². The van der Waals surface area contributed by atoms with E-state index in [2.05, 4.69) is 20.7 Å². The number of nitrogens with one attached hydrogen (secondary N) is 2. The first kappa shape index (κ1) is 26.5. The van der Waals surface area contributed by atoms with E-state index in [1.165, 1.54) is 18.4 Å². The normalized spacial score (nSPS) is 16.2. The van der Waals surface area contributed by atoms with Gasteiger partial charge in [0.2, 0.25) is 5.91 Å². The molecule has 4 rings (SSSR count). The predicted molar refractivity (Wildman–Crippen MR) is 128 cm³/mol. The Labute approximate surface area is 211 Å². The number of carbonyl (C=O) groups excluding carboxylic acids is 2. The maximum absolute atomic E-state index is 13.7. The number of benzene rings is 1. The van der Waals surface area contributed by atoms with Crippen molar-refractivity contribution in [1.29, 1.82) is 0 Å². The fourth-order valence-electron chi connectivity index (χ4n) is 4.17. The number of fused-ring (bicyclic) bond motifs is 1. The number of carbonyl (C=O) groups is 2. The molecule has 0 aliphatic carbocycles. The van der Waals surface area contributed by atoms with Crippen LogP contribution >= 0.6 is 0 Å². The van der Waals surface area contributed by atoms with Gasteiger partial charge in [-0.25, -0.2) is 9.37 Å². The molecule has 3 heterocycles. The smallest absolute Gasteiger partial charge is 0.349 e. The van der Waals surface area contributed by atoms with E-state index in [1.807, 2.05) is 6.07 Å². The average Bonchev–Trinajstić information content (AvgIpc) is 3.14. The number of alkyl halides is 3. The number of halogens is 4. The van der Waals surface area contributed by atoms with Crippen molar-refractivity contribution in [3.8, 4) is 5.82 Å². The van der Waals surface area contributed by atoms with Crippen LogP contribution in [-0.2, 0) is 34.6 Å². The maximum atomic E-state index is 13.7. The highest BCUT2D eigenvalue weighted by atomic mass is 32.2. The fraction of sp³-hybridized carbons (Fsp3) is 0.333. The summed E-state index contributed by atoms with van der Waals surface area (Å²) >= 11 is 0. The largest absolute Gasteiger partial charge is 0.417 e. The van der Waals surface area contributed by atoms with Crippen molar-refractivity contribution >= 4 is 28.4 Å². The molecule has 0 saturated carbocycles. The second-order valence-corrected chi connectivity index (χ2v) is 10.2. The monoisotopic (exact) mass is 537 g/mol. The summed E-state index contributed by atoms with van der Waals surface area (Å²) in [6.45, 7) is 1.78. The minimum atomic E-state index is -4.59. The minimum Gasteiger partial charge on any atom is -0.349 e. The van der Waals surface area contributed by atoms with E-state index in [9.17, 15) is 31.4 Å². The van der Waals surface area contributed by atoms with Crippen LogP contribution < -0.4 is 10.6 Å². The molecule has 2 atom stereocenters. The Hall–Kier alpha value is -3.61. The molecule has 37 heavy (non-hydrogen) atoms. The van der Waals surface area contributed by atoms with Gasteiger partial charge in [0.25, 0.3) is 5.91 Å². The fourth-order valence-corrected chi connectivity index (χ4v) is 4.61. The Morgan fingerprint density at radius 2 is 2.03 bits per heavy atom. The van der Waals surface area contributed by atoms with E-state index in [4.69, 9.17) is 0 Å². The SMILES string of the molecule is Cc1cc(F)cc(CC[C@H]2Cc3nn(-c4ccc(C(F)(F)F)cn4)c(NC(=O)CS(C)=O)c3C(=O)N2)c1. The molecule has 0 saturated heterocycles. The van der Waals surface area contributed by atoms with E-state index in [0.29, 0.717) is 24.7 Å². The Morgan fingerprint density at radius 1 is 1.27 bits per heavy atom. The zero-order chi connectivity index (χ0) is 26.9. The van der Waals surface area contributed by atoms with Crippen molar-refractivity contribution in [2.24, 2.45) is 0 Å². The number of aryl methyl sites for hydroxylation is 2. The summed E-state index contributed by atoms with van der Waals surface area (Å²) in [4.78, 5) is 29.3. The molecule has 2 amide bonds. The number of rotatable bonds is 7. The molecule has 1 unspecified atom stereocenters. The van der Waals surface area contributed by atoms with Gasteiger partial charge in [0, 0.05) is 35.7 Å². The minimum absolute atomic E-state index is 0.0464. The molecule has 1 aromatic carbocycles. The number of aromatic nitrogens is 3. The highest BCUT2D eigenvalue weighted by Gasteiger charge is 2.34. The lowest BCUT2D eigenvalue weighted by Crippen LogP contribution is -2.41. The maximum Gasteiger partial charge on any atom is 0.417 e. The van der Waals surface area contributed by atoms with Crippen molar-refractivity contribution in [3.63, 3.8) is 0 Å². The number of anilines is 1. The number of amides is 2. The number of pyridine rings is 1. The summed E-state index contributed by atoms with van der Waals surface area (Å²) in [5.74, 6) is -2.01. The van der Waals surface area contributed by atoms with Gasteiger partial charge in [-0.1, -0.05) is 6.07 Å². The van der Waals surface area contributed by atoms with Gasteiger partial charge in [0.15, 0.2) is 11.6 Å². The summed E-state index contributed by atoms with van der Waals surface area (Å²) in [6.07, 6.45) is -1.38. The topological polar surface area (TPSA) is 106 Å². The molecule has 8 nitrogen and oxygen atoms in total. The van der Waals surface area contributed by atoms with E-state index < -0.39 is 34.4 Å². The van der Waals surface area contributed by atoms with Gasteiger partial charge >= 0.3 is 6.18 Å². The average molecular weight is 538 g/mol. The first-order valence-corrected chi connectivity index (χ1v) is 13.0. The molecular weight excluding hydrogens is 514 g/mol. The molecule has 2 N–H and O–H groups in total. The first-order chi connectivity index (χ1) is 17.4. The molecule has 0 fully saturated rings. The van der Waals surface area contributed by atoms with Gasteiger partial charge < -0.3 is 10.6 Å².